The lowest BCUT2D eigenvalue weighted by atomic mass is 10.0. The molecule has 0 aliphatic heterocycles. The van der Waals surface area contributed by atoms with Gasteiger partial charge in [0, 0.05) is 6.42 Å². The molecule has 0 spiro atoms. The highest BCUT2D eigenvalue weighted by molar-refractivity contribution is 5.71. The summed E-state index contributed by atoms with van der Waals surface area (Å²) in [6.07, 6.45) is 45.7. The van der Waals surface area contributed by atoms with E-state index in [0.717, 1.165) is 25.7 Å². The Hall–Kier alpha value is -1.06. The lowest BCUT2D eigenvalue weighted by Gasteiger charge is -2.16. The van der Waals surface area contributed by atoms with Gasteiger partial charge in [-0.05, 0) is 19.3 Å². The molecule has 4 heteroatoms. The Morgan fingerprint density at radius 2 is 0.674 bits per heavy atom. The van der Waals surface area contributed by atoms with Gasteiger partial charge in [-0.15, -0.1) is 0 Å². The molecule has 0 rings (SSSR count). The number of hydrogen-bond acceptors (Lipinski definition) is 3. The number of carboxylic acid groups (broad SMARTS) is 1. The number of aliphatic carboxylic acids is 1. The van der Waals surface area contributed by atoms with Gasteiger partial charge in [0.1, 0.15) is 6.10 Å². The van der Waals surface area contributed by atoms with Crippen LogP contribution in [0, 0.1) is 0 Å². The Morgan fingerprint density at radius 3 is 0.957 bits per heavy atom. The first-order valence-electron chi connectivity index (χ1n) is 21.0. The fourth-order valence-corrected chi connectivity index (χ4v) is 6.73. The summed E-state index contributed by atoms with van der Waals surface area (Å²) in [6, 6.07) is 0. The predicted octanol–water partition coefficient (Wildman–Crippen LogP) is 14.5. The SMILES string of the molecule is CCCCCCCCCCCCCCCCCCCCCCCC(=O)OC(CCCCCCCCCCCCCCC)CC(=O)O. The van der Waals surface area contributed by atoms with Crippen molar-refractivity contribution in [3.8, 4) is 0 Å². The van der Waals surface area contributed by atoms with Crippen LogP contribution in [0.25, 0.3) is 0 Å². The second-order valence-corrected chi connectivity index (χ2v) is 14.6. The van der Waals surface area contributed by atoms with Crippen molar-refractivity contribution < 1.29 is 19.4 Å². The Labute approximate surface area is 288 Å². The van der Waals surface area contributed by atoms with Crippen LogP contribution in [0.3, 0.4) is 0 Å². The highest BCUT2D eigenvalue weighted by Crippen LogP contribution is 2.18. The fourth-order valence-electron chi connectivity index (χ4n) is 6.73. The number of carbonyl (C=O) groups excluding carboxylic acids is 1. The van der Waals surface area contributed by atoms with Crippen molar-refractivity contribution in [2.75, 3.05) is 0 Å². The lowest BCUT2D eigenvalue weighted by molar-refractivity contribution is -0.153. The van der Waals surface area contributed by atoms with Crippen molar-refractivity contribution in [3.63, 3.8) is 0 Å². The largest absolute Gasteiger partial charge is 0.481 e. The van der Waals surface area contributed by atoms with Gasteiger partial charge < -0.3 is 9.84 Å². The van der Waals surface area contributed by atoms with Gasteiger partial charge in [-0.2, -0.15) is 0 Å². The number of carboxylic acids is 1. The van der Waals surface area contributed by atoms with E-state index in [0.29, 0.717) is 12.8 Å². The number of carbonyl (C=O) groups is 2. The molecule has 0 saturated heterocycles. The van der Waals surface area contributed by atoms with Crippen LogP contribution in [-0.2, 0) is 14.3 Å². The van der Waals surface area contributed by atoms with Crippen molar-refractivity contribution >= 4 is 11.9 Å². The van der Waals surface area contributed by atoms with Gasteiger partial charge in [0.05, 0.1) is 6.42 Å². The fraction of sp³-hybridized carbons (Fsp3) is 0.952. The Bertz CT molecular complexity index is 619. The molecule has 46 heavy (non-hydrogen) atoms. The second-order valence-electron chi connectivity index (χ2n) is 14.6. The molecule has 1 unspecified atom stereocenters. The Kier molecular flexibility index (Phi) is 37.5. The minimum Gasteiger partial charge on any atom is -0.481 e. The maximum atomic E-state index is 12.4. The minimum atomic E-state index is -0.874. The van der Waals surface area contributed by atoms with Crippen molar-refractivity contribution in [3.05, 3.63) is 0 Å². The standard InChI is InChI=1S/C42H82O4/c1-3-5-7-9-11-13-15-17-18-19-20-21-22-23-24-26-28-30-32-34-36-38-42(45)46-40(39-41(43)44)37-35-33-31-29-27-25-16-14-12-10-8-6-4-2/h40H,3-39H2,1-2H3,(H,43,44). The summed E-state index contributed by atoms with van der Waals surface area (Å²) in [4.78, 5) is 23.6. The maximum Gasteiger partial charge on any atom is 0.307 e. The summed E-state index contributed by atoms with van der Waals surface area (Å²) in [5, 5.41) is 9.27. The molecule has 0 radical (unpaired) electrons. The monoisotopic (exact) mass is 651 g/mol. The van der Waals surface area contributed by atoms with Crippen LogP contribution < -0.4 is 0 Å². The molecule has 1 N–H and O–H groups in total. The van der Waals surface area contributed by atoms with Crippen LogP contribution >= 0.6 is 0 Å². The molecule has 0 aliphatic rings. The lowest BCUT2D eigenvalue weighted by Crippen LogP contribution is -2.21. The molecular weight excluding hydrogens is 568 g/mol. The average molecular weight is 651 g/mol. The van der Waals surface area contributed by atoms with Crippen molar-refractivity contribution in [2.24, 2.45) is 0 Å². The Morgan fingerprint density at radius 1 is 0.413 bits per heavy atom. The zero-order chi connectivity index (χ0) is 33.6. The molecule has 4 nitrogen and oxygen atoms in total. The van der Waals surface area contributed by atoms with E-state index in [1.165, 1.54) is 193 Å². The van der Waals surface area contributed by atoms with Crippen LogP contribution in [0.4, 0.5) is 0 Å². The molecule has 0 heterocycles. The smallest absolute Gasteiger partial charge is 0.307 e. The summed E-state index contributed by atoms with van der Waals surface area (Å²) in [5.41, 5.74) is 0. The molecule has 0 bridgehead atoms. The van der Waals surface area contributed by atoms with Gasteiger partial charge in [-0.25, -0.2) is 0 Å². The van der Waals surface area contributed by atoms with Crippen LogP contribution in [-0.4, -0.2) is 23.1 Å². The van der Waals surface area contributed by atoms with Gasteiger partial charge in [-0.1, -0.05) is 219 Å². The molecule has 0 aromatic carbocycles. The summed E-state index contributed by atoms with van der Waals surface area (Å²) < 4.78 is 5.59. The van der Waals surface area contributed by atoms with Crippen molar-refractivity contribution in [1.82, 2.24) is 0 Å². The van der Waals surface area contributed by atoms with Crippen molar-refractivity contribution in [2.45, 2.75) is 258 Å². The van der Waals surface area contributed by atoms with E-state index in [1.807, 2.05) is 0 Å². The van der Waals surface area contributed by atoms with E-state index in [2.05, 4.69) is 13.8 Å². The van der Waals surface area contributed by atoms with Crippen LogP contribution in [0.2, 0.25) is 0 Å². The highest BCUT2D eigenvalue weighted by Gasteiger charge is 2.17. The normalized spacial score (nSPS) is 12.0. The summed E-state index contributed by atoms with van der Waals surface area (Å²) in [7, 11) is 0. The third-order valence-electron chi connectivity index (χ3n) is 9.81. The third kappa shape index (κ3) is 37.4. The van der Waals surface area contributed by atoms with Gasteiger partial charge in [0.25, 0.3) is 0 Å². The van der Waals surface area contributed by atoms with Gasteiger partial charge in [0.15, 0.2) is 0 Å². The topological polar surface area (TPSA) is 63.6 Å². The van der Waals surface area contributed by atoms with Crippen LogP contribution in [0.15, 0.2) is 0 Å². The predicted molar refractivity (Wildman–Crippen MR) is 200 cm³/mol. The van der Waals surface area contributed by atoms with Crippen LogP contribution in [0.5, 0.6) is 0 Å². The molecule has 0 aliphatic carbocycles. The van der Waals surface area contributed by atoms with Gasteiger partial charge in [-0.3, -0.25) is 9.59 Å². The van der Waals surface area contributed by atoms with Gasteiger partial charge >= 0.3 is 11.9 Å². The zero-order valence-corrected chi connectivity index (χ0v) is 31.4. The number of hydrogen-bond donors (Lipinski definition) is 1. The van der Waals surface area contributed by atoms with E-state index in [4.69, 9.17) is 4.74 Å². The van der Waals surface area contributed by atoms with Crippen LogP contribution in [0.1, 0.15) is 251 Å². The molecule has 0 saturated carbocycles. The first kappa shape index (κ1) is 44.9. The summed E-state index contributed by atoms with van der Waals surface area (Å²) in [5.74, 6) is -1.08. The van der Waals surface area contributed by atoms with Crippen molar-refractivity contribution in [1.29, 1.82) is 0 Å². The third-order valence-corrected chi connectivity index (χ3v) is 9.81. The maximum absolute atomic E-state index is 12.4. The molecule has 274 valence electrons. The van der Waals surface area contributed by atoms with E-state index < -0.39 is 12.1 Å². The molecule has 0 fully saturated rings. The first-order valence-corrected chi connectivity index (χ1v) is 21.0. The van der Waals surface area contributed by atoms with E-state index in [9.17, 15) is 14.7 Å². The Balaban J connectivity index is 3.53. The average Bonchev–Trinajstić information content (AvgIpc) is 3.03. The number of unbranched alkanes of at least 4 members (excludes halogenated alkanes) is 32. The number of rotatable bonds is 39. The molecule has 0 aromatic heterocycles. The molecule has 1 atom stereocenters. The molecule has 0 amide bonds. The van der Waals surface area contributed by atoms with Gasteiger partial charge in [0.2, 0.25) is 0 Å². The number of esters is 1. The minimum absolute atomic E-state index is 0.0662. The quantitative estimate of drug-likeness (QED) is 0.0531. The van der Waals surface area contributed by atoms with E-state index >= 15 is 0 Å². The van der Waals surface area contributed by atoms with E-state index in [1.54, 1.807) is 0 Å². The second kappa shape index (κ2) is 38.4. The molecular formula is C42H82O4. The van der Waals surface area contributed by atoms with E-state index in [-0.39, 0.29) is 12.4 Å². The highest BCUT2D eigenvalue weighted by atomic mass is 16.5. The first-order chi connectivity index (χ1) is 22.6. The summed E-state index contributed by atoms with van der Waals surface area (Å²) >= 11 is 0. The molecule has 0 aromatic rings. The summed E-state index contributed by atoms with van der Waals surface area (Å²) in [6.45, 7) is 4.56. The zero-order valence-electron chi connectivity index (χ0n) is 31.4. The number of ether oxygens (including phenoxy) is 1.